The second kappa shape index (κ2) is 9.31. The van der Waals surface area contributed by atoms with Crippen LogP contribution in [0.5, 0.6) is 5.75 Å². The highest BCUT2D eigenvalue weighted by Crippen LogP contribution is 2.32. The molecule has 3 aromatic carbocycles. The van der Waals surface area contributed by atoms with Crippen LogP contribution in [0.15, 0.2) is 71.6 Å². The summed E-state index contributed by atoms with van der Waals surface area (Å²) >= 11 is 6.31. The zero-order valence-electron chi connectivity index (χ0n) is 17.2. The fourth-order valence-electron chi connectivity index (χ4n) is 3.02. The van der Waals surface area contributed by atoms with Crippen LogP contribution >= 0.6 is 11.6 Å². The molecule has 9 nitrogen and oxygen atoms in total. The van der Waals surface area contributed by atoms with Crippen molar-refractivity contribution in [2.24, 2.45) is 0 Å². The minimum atomic E-state index is -4.07. The van der Waals surface area contributed by atoms with E-state index in [2.05, 4.69) is 25.3 Å². The molecule has 0 atom stereocenters. The predicted molar refractivity (Wildman–Crippen MR) is 128 cm³/mol. The Bertz CT molecular complexity index is 1450. The van der Waals surface area contributed by atoms with Gasteiger partial charge in [0.2, 0.25) is 6.41 Å². The normalized spacial score (nSPS) is 11.1. The van der Waals surface area contributed by atoms with E-state index in [4.69, 9.17) is 16.3 Å². The summed E-state index contributed by atoms with van der Waals surface area (Å²) in [5.74, 6) is 0.674. The van der Waals surface area contributed by atoms with Crippen LogP contribution in [-0.2, 0) is 14.8 Å². The van der Waals surface area contributed by atoms with Crippen molar-refractivity contribution in [3.63, 3.8) is 0 Å². The van der Waals surface area contributed by atoms with Crippen LogP contribution in [0.1, 0.15) is 0 Å². The Hall–Kier alpha value is -3.89. The topological polar surface area (TPSA) is 122 Å². The van der Waals surface area contributed by atoms with Gasteiger partial charge in [-0.1, -0.05) is 29.8 Å². The number of benzene rings is 3. The van der Waals surface area contributed by atoms with E-state index in [1.807, 2.05) is 0 Å². The van der Waals surface area contributed by atoms with Gasteiger partial charge in [0.05, 0.1) is 33.7 Å². The molecular formula is C22H18ClN5O4S. The fourth-order valence-corrected chi connectivity index (χ4v) is 4.24. The maximum Gasteiger partial charge on any atom is 0.263 e. The Labute approximate surface area is 194 Å². The highest BCUT2D eigenvalue weighted by atomic mass is 35.5. The smallest absolute Gasteiger partial charge is 0.263 e. The summed E-state index contributed by atoms with van der Waals surface area (Å²) in [6.07, 6.45) is 0.466. The lowest BCUT2D eigenvalue weighted by molar-refractivity contribution is -0.105. The summed E-state index contributed by atoms with van der Waals surface area (Å²) < 4.78 is 33.9. The van der Waals surface area contributed by atoms with Crippen molar-refractivity contribution in [1.29, 1.82) is 0 Å². The van der Waals surface area contributed by atoms with Crippen molar-refractivity contribution in [1.82, 2.24) is 9.97 Å². The zero-order chi connectivity index (χ0) is 23.4. The first-order valence-corrected chi connectivity index (χ1v) is 11.5. The molecule has 168 valence electrons. The number of amides is 1. The van der Waals surface area contributed by atoms with E-state index in [9.17, 15) is 13.2 Å². The molecule has 0 saturated heterocycles. The number of hydrogen-bond acceptors (Lipinski definition) is 7. The SMILES string of the molecule is COc1ccc(Cl)c(Nc2nc3ccccc3nc2NS(=O)(=O)c2cccc(NC=O)c2)c1. The lowest BCUT2D eigenvalue weighted by Crippen LogP contribution is -2.16. The molecule has 0 aliphatic heterocycles. The van der Waals surface area contributed by atoms with Crippen molar-refractivity contribution < 1.29 is 17.9 Å². The molecule has 0 aliphatic carbocycles. The Morgan fingerprint density at radius 2 is 1.67 bits per heavy atom. The third kappa shape index (κ3) is 4.97. The van der Waals surface area contributed by atoms with Gasteiger partial charge in [-0.2, -0.15) is 0 Å². The van der Waals surface area contributed by atoms with Gasteiger partial charge in [-0.15, -0.1) is 0 Å². The Morgan fingerprint density at radius 1 is 0.939 bits per heavy atom. The van der Waals surface area contributed by atoms with Gasteiger partial charge in [0, 0.05) is 11.8 Å². The molecule has 0 saturated carbocycles. The van der Waals surface area contributed by atoms with Crippen molar-refractivity contribution in [3.8, 4) is 5.75 Å². The molecule has 3 N–H and O–H groups in total. The summed E-state index contributed by atoms with van der Waals surface area (Å²) in [5.41, 5.74) is 1.84. The minimum Gasteiger partial charge on any atom is -0.497 e. The third-order valence-corrected chi connectivity index (χ3v) is 6.26. The second-order valence-electron chi connectivity index (χ2n) is 6.78. The number of carbonyl (C=O) groups is 1. The lowest BCUT2D eigenvalue weighted by Gasteiger charge is -2.15. The van der Waals surface area contributed by atoms with Crippen molar-refractivity contribution in [3.05, 3.63) is 71.8 Å². The summed E-state index contributed by atoms with van der Waals surface area (Å²) in [5, 5.41) is 5.85. The van der Waals surface area contributed by atoms with Gasteiger partial charge in [0.25, 0.3) is 10.0 Å². The summed E-state index contributed by atoms with van der Waals surface area (Å²) in [4.78, 5) is 19.6. The largest absolute Gasteiger partial charge is 0.497 e. The molecule has 0 unspecified atom stereocenters. The van der Waals surface area contributed by atoms with E-state index < -0.39 is 10.0 Å². The van der Waals surface area contributed by atoms with Crippen LogP contribution in [0, 0.1) is 0 Å². The zero-order valence-corrected chi connectivity index (χ0v) is 18.8. The monoisotopic (exact) mass is 483 g/mol. The minimum absolute atomic E-state index is 0.0265. The number of nitrogens with one attached hydrogen (secondary N) is 3. The number of halogens is 1. The molecule has 0 aliphatic rings. The Kier molecular flexibility index (Phi) is 6.29. The highest BCUT2D eigenvalue weighted by molar-refractivity contribution is 7.92. The van der Waals surface area contributed by atoms with Gasteiger partial charge in [-0.3, -0.25) is 9.52 Å². The number of fused-ring (bicyclic) bond motifs is 1. The van der Waals surface area contributed by atoms with Crippen molar-refractivity contribution in [2.45, 2.75) is 4.90 Å². The molecule has 1 amide bonds. The van der Waals surface area contributed by atoms with Crippen LogP contribution < -0.4 is 20.1 Å². The molecule has 1 aromatic heterocycles. The molecule has 4 aromatic rings. The summed E-state index contributed by atoms with van der Waals surface area (Å²) in [6, 6.07) is 17.9. The maximum atomic E-state index is 13.1. The first-order valence-electron chi connectivity index (χ1n) is 9.60. The number of methoxy groups -OCH3 is 1. The van der Waals surface area contributed by atoms with Crippen molar-refractivity contribution >= 4 is 62.1 Å². The Morgan fingerprint density at radius 3 is 2.36 bits per heavy atom. The number of hydrogen-bond donors (Lipinski definition) is 3. The number of para-hydroxylation sites is 2. The Balaban J connectivity index is 1.78. The molecule has 1 heterocycles. The molecule has 4 rings (SSSR count). The van der Waals surface area contributed by atoms with Gasteiger partial charge in [-0.05, 0) is 42.5 Å². The van der Waals surface area contributed by atoms with Crippen molar-refractivity contribution in [2.75, 3.05) is 22.5 Å². The average Bonchev–Trinajstić information content (AvgIpc) is 2.81. The highest BCUT2D eigenvalue weighted by Gasteiger charge is 2.20. The molecule has 33 heavy (non-hydrogen) atoms. The van der Waals surface area contributed by atoms with E-state index in [0.29, 0.717) is 39.6 Å². The van der Waals surface area contributed by atoms with Crippen LogP contribution in [-0.4, -0.2) is 31.9 Å². The average molecular weight is 484 g/mol. The maximum absolute atomic E-state index is 13.1. The van der Waals surface area contributed by atoms with Crippen LogP contribution in [0.2, 0.25) is 5.02 Å². The molecule has 0 spiro atoms. The number of carbonyl (C=O) groups excluding carboxylic acids is 1. The summed E-state index contributed by atoms with van der Waals surface area (Å²) in [7, 11) is -2.54. The molecule has 0 fully saturated rings. The van der Waals surface area contributed by atoms with E-state index in [0.717, 1.165) is 0 Å². The number of ether oxygens (including phenoxy) is 1. The van der Waals surface area contributed by atoms with E-state index >= 15 is 0 Å². The van der Waals surface area contributed by atoms with Gasteiger partial charge in [0.1, 0.15) is 5.75 Å². The van der Waals surface area contributed by atoms with Gasteiger partial charge in [-0.25, -0.2) is 18.4 Å². The lowest BCUT2D eigenvalue weighted by atomic mass is 10.3. The number of sulfonamides is 1. The summed E-state index contributed by atoms with van der Waals surface area (Å²) in [6.45, 7) is 0. The first-order chi connectivity index (χ1) is 15.9. The molecular weight excluding hydrogens is 466 g/mol. The van der Waals surface area contributed by atoms with E-state index in [1.54, 1.807) is 48.5 Å². The van der Waals surface area contributed by atoms with Gasteiger partial charge >= 0.3 is 0 Å². The quantitative estimate of drug-likeness (QED) is 0.317. The number of rotatable bonds is 8. The van der Waals surface area contributed by atoms with E-state index in [1.165, 1.54) is 25.3 Å². The molecule has 0 bridgehead atoms. The fraction of sp³-hybridized carbons (Fsp3) is 0.0455. The number of aromatic nitrogens is 2. The van der Waals surface area contributed by atoms with Crippen LogP contribution in [0.25, 0.3) is 11.0 Å². The first kappa shape index (κ1) is 22.3. The number of nitrogens with zero attached hydrogens (tertiary/aromatic N) is 2. The second-order valence-corrected chi connectivity index (χ2v) is 8.87. The third-order valence-electron chi connectivity index (χ3n) is 4.60. The predicted octanol–water partition coefficient (Wildman–Crippen LogP) is 4.40. The van der Waals surface area contributed by atoms with Crippen LogP contribution in [0.3, 0.4) is 0 Å². The standard InChI is InChI=1S/C22H18ClN5O4S/c1-32-15-9-10-17(23)20(12-15)27-21-22(26-19-8-3-2-7-18(19)25-21)28-33(30,31)16-6-4-5-14(11-16)24-13-29/h2-13H,1H3,(H,24,29)(H,25,27)(H,26,28). The molecule has 11 heteroatoms. The number of anilines is 4. The molecule has 0 radical (unpaired) electrons. The van der Waals surface area contributed by atoms with Gasteiger partial charge in [0.15, 0.2) is 11.6 Å². The van der Waals surface area contributed by atoms with Gasteiger partial charge < -0.3 is 15.4 Å². The van der Waals surface area contributed by atoms with Crippen LogP contribution in [0.4, 0.5) is 23.0 Å². The van der Waals surface area contributed by atoms with E-state index in [-0.39, 0.29) is 16.5 Å².